The molecule has 0 aliphatic rings. The highest BCUT2D eigenvalue weighted by Crippen LogP contribution is 2.27. The lowest BCUT2D eigenvalue weighted by Crippen LogP contribution is -2.13. The van der Waals surface area contributed by atoms with Crippen LogP contribution in [0.25, 0.3) is 10.9 Å². The van der Waals surface area contributed by atoms with Crippen molar-refractivity contribution in [1.29, 1.82) is 5.26 Å². The van der Waals surface area contributed by atoms with Gasteiger partial charge in [-0.1, -0.05) is 13.8 Å². The molecule has 5 rings (SSSR count). The predicted molar refractivity (Wildman–Crippen MR) is 149 cm³/mol. The van der Waals surface area contributed by atoms with Crippen LogP contribution in [-0.2, 0) is 0 Å². The normalized spacial score (nSPS) is 10.1. The fourth-order valence-electron chi connectivity index (χ4n) is 3.68. The molecule has 188 valence electrons. The highest BCUT2D eigenvalue weighted by molar-refractivity contribution is 6.04. The van der Waals surface area contributed by atoms with Gasteiger partial charge in [-0.2, -0.15) is 5.26 Å². The van der Waals surface area contributed by atoms with Crippen LogP contribution in [0.1, 0.15) is 29.8 Å². The van der Waals surface area contributed by atoms with Gasteiger partial charge < -0.3 is 16.0 Å². The van der Waals surface area contributed by atoms with E-state index in [1.807, 2.05) is 19.9 Å². The number of anilines is 5. The summed E-state index contributed by atoms with van der Waals surface area (Å²) >= 11 is 0. The van der Waals surface area contributed by atoms with E-state index in [0.29, 0.717) is 16.8 Å². The van der Waals surface area contributed by atoms with Crippen LogP contribution in [0.2, 0.25) is 0 Å². The summed E-state index contributed by atoms with van der Waals surface area (Å²) in [5, 5.41) is 19.0. The van der Waals surface area contributed by atoms with Crippen LogP contribution in [0.5, 0.6) is 0 Å². The molecule has 0 bridgehead atoms. The van der Waals surface area contributed by atoms with Crippen LogP contribution in [-0.4, -0.2) is 15.9 Å². The average Bonchev–Trinajstić information content (AvgIpc) is 2.96. The van der Waals surface area contributed by atoms with Gasteiger partial charge in [0.25, 0.3) is 5.91 Å². The summed E-state index contributed by atoms with van der Waals surface area (Å²) in [6.07, 6.45) is 4.96. The van der Waals surface area contributed by atoms with E-state index in [1.165, 1.54) is 12.1 Å². The quantitative estimate of drug-likeness (QED) is 0.223. The molecule has 0 saturated heterocycles. The minimum absolute atomic E-state index is 0.0824. The van der Waals surface area contributed by atoms with Crippen LogP contribution in [0.3, 0.4) is 0 Å². The van der Waals surface area contributed by atoms with E-state index in [9.17, 15) is 14.4 Å². The minimum atomic E-state index is -0.554. The maximum atomic E-state index is 14.6. The Morgan fingerprint density at radius 1 is 0.789 bits per heavy atom. The molecule has 0 radical (unpaired) electrons. The maximum Gasteiger partial charge on any atom is 0.255 e. The number of hydrogen-bond donors (Lipinski definition) is 3. The third-order valence-electron chi connectivity index (χ3n) is 5.48. The Kier molecular flexibility index (Phi) is 8.21. The Bertz CT molecular complexity index is 1600. The fraction of sp³-hybridized carbons (Fsp3) is 0.0667. The second kappa shape index (κ2) is 12.1. The molecule has 3 aromatic carbocycles. The smallest absolute Gasteiger partial charge is 0.255 e. The summed E-state index contributed by atoms with van der Waals surface area (Å²) in [6, 6.07) is 24.1. The van der Waals surface area contributed by atoms with Crippen LogP contribution < -0.4 is 16.0 Å². The maximum absolute atomic E-state index is 14.6. The Morgan fingerprint density at radius 2 is 1.50 bits per heavy atom. The Balaban J connectivity index is 0.00000164. The lowest BCUT2D eigenvalue weighted by atomic mass is 10.1. The number of nitriles is 1. The summed E-state index contributed by atoms with van der Waals surface area (Å²) in [6.45, 7) is 4.00. The van der Waals surface area contributed by atoms with Gasteiger partial charge >= 0.3 is 0 Å². The lowest BCUT2D eigenvalue weighted by molar-refractivity contribution is 0.102. The second-order valence-corrected chi connectivity index (χ2v) is 7.91. The number of amides is 1. The highest BCUT2D eigenvalue weighted by Gasteiger charge is 2.11. The van der Waals surface area contributed by atoms with Crippen LogP contribution in [0.15, 0.2) is 97.5 Å². The van der Waals surface area contributed by atoms with Crippen molar-refractivity contribution in [3.63, 3.8) is 0 Å². The molecule has 0 saturated carbocycles. The van der Waals surface area contributed by atoms with Gasteiger partial charge in [-0.3, -0.25) is 14.8 Å². The molecule has 8 heteroatoms. The minimum Gasteiger partial charge on any atom is -0.355 e. The molecule has 7 nitrogen and oxygen atoms in total. The SMILES string of the molecule is CC.N#Cc1ccc2nccc(Nc3ccc(C(=O)Nc4ccc(Nc5ccncc5)cc4F)cc3)c2c1. The predicted octanol–water partition coefficient (Wildman–Crippen LogP) is 7.41. The number of benzene rings is 3. The number of hydrogen-bond acceptors (Lipinski definition) is 6. The number of carbonyl (C=O) groups excluding carboxylic acids is 1. The van der Waals surface area contributed by atoms with Gasteiger partial charge in [0, 0.05) is 52.3 Å². The molecule has 5 aromatic rings. The lowest BCUT2D eigenvalue weighted by Gasteiger charge is -2.12. The summed E-state index contributed by atoms with van der Waals surface area (Å²) in [7, 11) is 0. The Labute approximate surface area is 220 Å². The first-order chi connectivity index (χ1) is 18.6. The largest absolute Gasteiger partial charge is 0.355 e. The third-order valence-corrected chi connectivity index (χ3v) is 5.48. The molecule has 2 heterocycles. The van der Waals surface area contributed by atoms with Gasteiger partial charge in [-0.05, 0) is 78.9 Å². The summed E-state index contributed by atoms with van der Waals surface area (Å²) in [5.41, 5.74) is 4.64. The number of carbonyl (C=O) groups is 1. The third kappa shape index (κ3) is 6.09. The fourth-order valence-corrected chi connectivity index (χ4v) is 3.68. The first kappa shape index (κ1) is 25.8. The number of nitrogens with zero attached hydrogens (tertiary/aromatic N) is 3. The number of fused-ring (bicyclic) bond motifs is 1. The van der Waals surface area contributed by atoms with Crippen molar-refractivity contribution in [2.24, 2.45) is 0 Å². The Morgan fingerprint density at radius 3 is 2.21 bits per heavy atom. The van der Waals surface area contributed by atoms with E-state index in [1.54, 1.807) is 79.3 Å². The standard InChI is InChI=1S/C28H19FN6O.C2H6/c29-24-16-22(33-21-9-12-31-13-10-21)6-8-27(24)35-28(36)19-2-4-20(5-3-19)34-26-11-14-32-25-7-1-18(17-30)15-23(25)26;1-2/h1-16H,(H,31,33)(H,32,34)(H,35,36);1-2H3. The number of pyridine rings is 2. The molecule has 1 amide bonds. The van der Waals surface area contributed by atoms with E-state index < -0.39 is 11.7 Å². The van der Waals surface area contributed by atoms with Gasteiger partial charge in [0.05, 0.1) is 22.8 Å². The molecule has 2 aromatic heterocycles. The van der Waals surface area contributed by atoms with E-state index in [4.69, 9.17) is 0 Å². The first-order valence-electron chi connectivity index (χ1n) is 12.0. The van der Waals surface area contributed by atoms with Gasteiger partial charge in [0.1, 0.15) is 5.82 Å². The van der Waals surface area contributed by atoms with Crippen LogP contribution >= 0.6 is 0 Å². The van der Waals surface area contributed by atoms with Gasteiger partial charge in [-0.25, -0.2) is 4.39 Å². The molecule has 0 spiro atoms. The van der Waals surface area contributed by atoms with Gasteiger partial charge in [-0.15, -0.1) is 0 Å². The van der Waals surface area contributed by atoms with Gasteiger partial charge in [0.15, 0.2) is 0 Å². The highest BCUT2D eigenvalue weighted by atomic mass is 19.1. The summed E-state index contributed by atoms with van der Waals surface area (Å²) in [4.78, 5) is 21.0. The van der Waals surface area contributed by atoms with E-state index in [0.717, 1.165) is 28.0 Å². The van der Waals surface area contributed by atoms with Crippen molar-refractivity contribution < 1.29 is 9.18 Å². The average molecular weight is 505 g/mol. The first-order valence-corrected chi connectivity index (χ1v) is 12.0. The van der Waals surface area contributed by atoms with E-state index in [2.05, 4.69) is 32.0 Å². The number of halogens is 1. The van der Waals surface area contributed by atoms with Crippen LogP contribution in [0, 0.1) is 17.1 Å². The zero-order chi connectivity index (χ0) is 26.9. The molecule has 0 fully saturated rings. The summed E-state index contributed by atoms with van der Waals surface area (Å²) < 4.78 is 14.6. The zero-order valence-corrected chi connectivity index (χ0v) is 20.9. The number of rotatable bonds is 6. The number of aromatic nitrogens is 2. The molecular formula is C30H25FN6O. The molecular weight excluding hydrogens is 479 g/mol. The summed E-state index contributed by atoms with van der Waals surface area (Å²) in [5.74, 6) is -0.981. The van der Waals surface area contributed by atoms with Crippen molar-refractivity contribution in [2.45, 2.75) is 13.8 Å². The monoisotopic (exact) mass is 504 g/mol. The molecule has 0 aliphatic carbocycles. The second-order valence-electron chi connectivity index (χ2n) is 7.91. The van der Waals surface area contributed by atoms with E-state index >= 15 is 0 Å². The molecule has 0 aliphatic heterocycles. The molecule has 0 unspecified atom stereocenters. The van der Waals surface area contributed by atoms with Gasteiger partial charge in [0.2, 0.25) is 0 Å². The number of nitrogens with one attached hydrogen (secondary N) is 3. The van der Waals surface area contributed by atoms with Crippen molar-refractivity contribution in [1.82, 2.24) is 9.97 Å². The van der Waals surface area contributed by atoms with Crippen molar-refractivity contribution >= 4 is 45.2 Å². The zero-order valence-electron chi connectivity index (χ0n) is 20.9. The van der Waals surface area contributed by atoms with E-state index in [-0.39, 0.29) is 5.69 Å². The Hall–Kier alpha value is -5.29. The van der Waals surface area contributed by atoms with Crippen LogP contribution in [0.4, 0.5) is 32.8 Å². The topological polar surface area (TPSA) is 103 Å². The molecule has 38 heavy (non-hydrogen) atoms. The van der Waals surface area contributed by atoms with Crippen molar-refractivity contribution in [2.75, 3.05) is 16.0 Å². The molecule has 0 atom stereocenters. The van der Waals surface area contributed by atoms with Crippen molar-refractivity contribution in [3.05, 3.63) is 114 Å². The molecule has 3 N–H and O–H groups in total. The van der Waals surface area contributed by atoms with Crippen molar-refractivity contribution in [3.8, 4) is 6.07 Å².